The Labute approximate surface area is 134 Å². The van der Waals surface area contributed by atoms with E-state index in [0.717, 1.165) is 12.6 Å². The van der Waals surface area contributed by atoms with E-state index in [-0.39, 0.29) is 18.8 Å². The van der Waals surface area contributed by atoms with E-state index in [4.69, 9.17) is 4.74 Å². The first-order chi connectivity index (χ1) is 10.7. The predicted molar refractivity (Wildman–Crippen MR) is 81.5 cm³/mol. The van der Waals surface area contributed by atoms with Gasteiger partial charge in [-0.3, -0.25) is 0 Å². The molecule has 23 heavy (non-hydrogen) atoms. The molecular formula is C17H23F4NO. The van der Waals surface area contributed by atoms with Crippen molar-refractivity contribution in [2.75, 3.05) is 26.2 Å². The van der Waals surface area contributed by atoms with Gasteiger partial charge in [0, 0.05) is 19.5 Å². The predicted octanol–water partition coefficient (Wildman–Crippen LogP) is 4.61. The van der Waals surface area contributed by atoms with Crippen LogP contribution in [0.15, 0.2) is 18.2 Å². The quantitative estimate of drug-likeness (QED) is 0.730. The summed E-state index contributed by atoms with van der Waals surface area (Å²) in [4.78, 5) is 2.17. The monoisotopic (exact) mass is 333 g/mol. The normalized spacial score (nSPS) is 18.9. The Hall–Kier alpha value is -1.30. The number of likely N-dealkylation sites (tertiary alicyclic amines) is 1. The molecule has 1 saturated heterocycles. The van der Waals surface area contributed by atoms with E-state index >= 15 is 0 Å². The van der Waals surface area contributed by atoms with Crippen LogP contribution in [0.4, 0.5) is 17.6 Å². The molecule has 0 unspecified atom stereocenters. The van der Waals surface area contributed by atoms with Crippen molar-refractivity contribution in [3.63, 3.8) is 0 Å². The number of halogens is 4. The Balaban J connectivity index is 1.95. The summed E-state index contributed by atoms with van der Waals surface area (Å²) in [7, 11) is 0. The van der Waals surface area contributed by atoms with Crippen molar-refractivity contribution >= 4 is 0 Å². The highest BCUT2D eigenvalue weighted by atomic mass is 19.4. The zero-order chi connectivity index (χ0) is 17.1. The topological polar surface area (TPSA) is 12.5 Å². The van der Waals surface area contributed by atoms with E-state index in [9.17, 15) is 17.6 Å². The lowest BCUT2D eigenvalue weighted by molar-refractivity contribution is -0.139. The molecule has 1 aliphatic rings. The number of rotatable bonds is 5. The van der Waals surface area contributed by atoms with Crippen LogP contribution in [0.2, 0.25) is 0 Å². The van der Waals surface area contributed by atoms with Crippen LogP contribution < -0.4 is 4.74 Å². The maximum Gasteiger partial charge on any atom is 0.419 e. The van der Waals surface area contributed by atoms with E-state index in [1.54, 1.807) is 6.92 Å². The SMILES string of the molecule is CCN1CCC(F)(CCOc2cc(C)ccc2C(F)(F)F)CC1. The van der Waals surface area contributed by atoms with Crippen LogP contribution in [0.1, 0.15) is 37.3 Å². The molecule has 0 radical (unpaired) electrons. The Morgan fingerprint density at radius 1 is 1.22 bits per heavy atom. The Kier molecular flexibility index (Phi) is 5.55. The molecule has 0 N–H and O–H groups in total. The molecule has 1 aromatic carbocycles. The van der Waals surface area contributed by atoms with Crippen LogP contribution in [0.5, 0.6) is 5.75 Å². The van der Waals surface area contributed by atoms with Crippen molar-refractivity contribution in [1.82, 2.24) is 4.90 Å². The van der Waals surface area contributed by atoms with Crippen molar-refractivity contribution in [1.29, 1.82) is 0 Å². The molecule has 2 rings (SSSR count). The first-order valence-corrected chi connectivity index (χ1v) is 7.95. The van der Waals surface area contributed by atoms with Gasteiger partial charge in [0.1, 0.15) is 11.4 Å². The Bertz CT molecular complexity index is 522. The summed E-state index contributed by atoms with van der Waals surface area (Å²) in [6.45, 7) is 5.95. The van der Waals surface area contributed by atoms with Gasteiger partial charge in [0.2, 0.25) is 0 Å². The number of piperidine rings is 1. The average molecular weight is 333 g/mol. The van der Waals surface area contributed by atoms with Gasteiger partial charge >= 0.3 is 6.18 Å². The number of nitrogens with zero attached hydrogens (tertiary/aromatic N) is 1. The largest absolute Gasteiger partial charge is 0.493 e. The smallest absolute Gasteiger partial charge is 0.419 e. The van der Waals surface area contributed by atoms with Gasteiger partial charge in [0.05, 0.1) is 12.2 Å². The van der Waals surface area contributed by atoms with Crippen molar-refractivity contribution < 1.29 is 22.3 Å². The second-order valence-electron chi connectivity index (χ2n) is 6.18. The van der Waals surface area contributed by atoms with Crippen LogP contribution in [0.3, 0.4) is 0 Å². The highest BCUT2D eigenvalue weighted by Crippen LogP contribution is 2.37. The number of aryl methyl sites for hydroxylation is 1. The first kappa shape index (κ1) is 18.0. The van der Waals surface area contributed by atoms with E-state index in [1.807, 2.05) is 6.92 Å². The minimum absolute atomic E-state index is 0.0465. The summed E-state index contributed by atoms with van der Waals surface area (Å²) in [6.07, 6.45) is -3.53. The van der Waals surface area contributed by atoms with Crippen LogP contribution in [0.25, 0.3) is 0 Å². The van der Waals surface area contributed by atoms with Crippen molar-refractivity contribution in [2.24, 2.45) is 0 Å². The maximum atomic E-state index is 14.7. The molecule has 1 aromatic rings. The second kappa shape index (κ2) is 7.07. The molecule has 0 saturated carbocycles. The lowest BCUT2D eigenvalue weighted by atomic mass is 9.90. The van der Waals surface area contributed by atoms with Crippen molar-refractivity contribution in [2.45, 2.75) is 45.0 Å². The highest BCUT2D eigenvalue weighted by molar-refractivity contribution is 5.39. The minimum Gasteiger partial charge on any atom is -0.493 e. The summed E-state index contributed by atoms with van der Waals surface area (Å²) in [5.74, 6) is -0.216. The molecule has 130 valence electrons. The van der Waals surface area contributed by atoms with Gasteiger partial charge in [-0.05, 0) is 44.0 Å². The average Bonchev–Trinajstić information content (AvgIpc) is 2.47. The summed E-state index contributed by atoms with van der Waals surface area (Å²) in [6, 6.07) is 3.76. The lowest BCUT2D eigenvalue weighted by Crippen LogP contribution is -2.42. The summed E-state index contributed by atoms with van der Waals surface area (Å²) in [5.41, 5.74) is -1.47. The molecule has 0 spiro atoms. The fourth-order valence-corrected chi connectivity index (χ4v) is 2.85. The summed E-state index contributed by atoms with van der Waals surface area (Å²) < 4.78 is 58.8. The molecule has 1 aliphatic heterocycles. The number of hydrogen-bond donors (Lipinski definition) is 0. The van der Waals surface area contributed by atoms with Gasteiger partial charge in [-0.25, -0.2) is 4.39 Å². The third-order valence-electron chi connectivity index (χ3n) is 4.45. The molecule has 1 heterocycles. The van der Waals surface area contributed by atoms with Crippen LogP contribution >= 0.6 is 0 Å². The number of alkyl halides is 4. The highest BCUT2D eigenvalue weighted by Gasteiger charge is 2.36. The van der Waals surface area contributed by atoms with E-state index in [2.05, 4.69) is 4.90 Å². The number of benzene rings is 1. The zero-order valence-corrected chi connectivity index (χ0v) is 13.5. The Morgan fingerprint density at radius 3 is 2.43 bits per heavy atom. The summed E-state index contributed by atoms with van der Waals surface area (Å²) >= 11 is 0. The summed E-state index contributed by atoms with van der Waals surface area (Å²) in [5, 5.41) is 0. The van der Waals surface area contributed by atoms with Crippen LogP contribution in [-0.2, 0) is 6.18 Å². The molecule has 0 bridgehead atoms. The lowest BCUT2D eigenvalue weighted by Gasteiger charge is -2.35. The van der Waals surface area contributed by atoms with Gasteiger partial charge in [-0.1, -0.05) is 13.0 Å². The van der Waals surface area contributed by atoms with Crippen molar-refractivity contribution in [3.8, 4) is 5.75 Å². The van der Waals surface area contributed by atoms with E-state index < -0.39 is 17.4 Å². The Morgan fingerprint density at radius 2 is 1.87 bits per heavy atom. The van der Waals surface area contributed by atoms with Crippen molar-refractivity contribution in [3.05, 3.63) is 29.3 Å². The molecule has 0 amide bonds. The first-order valence-electron chi connectivity index (χ1n) is 7.95. The molecule has 6 heteroatoms. The molecule has 0 aliphatic carbocycles. The third kappa shape index (κ3) is 4.83. The second-order valence-corrected chi connectivity index (χ2v) is 6.18. The molecule has 0 atom stereocenters. The van der Waals surface area contributed by atoms with Gasteiger partial charge in [-0.15, -0.1) is 0 Å². The van der Waals surface area contributed by atoms with Gasteiger partial charge in [0.25, 0.3) is 0 Å². The molecule has 2 nitrogen and oxygen atoms in total. The standard InChI is InChI=1S/C17H23F4NO/c1-3-22-9-6-16(18,7-10-22)8-11-23-15-12-13(2)4-5-14(15)17(19,20)21/h4-5,12H,3,6-11H2,1-2H3. The van der Waals surface area contributed by atoms with Crippen LogP contribution in [-0.4, -0.2) is 36.8 Å². The maximum absolute atomic E-state index is 14.7. The van der Waals surface area contributed by atoms with E-state index in [0.29, 0.717) is 31.5 Å². The fraction of sp³-hybridized carbons (Fsp3) is 0.647. The third-order valence-corrected chi connectivity index (χ3v) is 4.45. The minimum atomic E-state index is -4.47. The molecular weight excluding hydrogens is 310 g/mol. The van der Waals surface area contributed by atoms with Gasteiger partial charge in [-0.2, -0.15) is 13.2 Å². The molecule has 1 fully saturated rings. The number of hydrogen-bond acceptors (Lipinski definition) is 2. The fourth-order valence-electron chi connectivity index (χ4n) is 2.85. The van der Waals surface area contributed by atoms with Gasteiger partial charge in [0.15, 0.2) is 0 Å². The van der Waals surface area contributed by atoms with Gasteiger partial charge < -0.3 is 9.64 Å². The molecule has 0 aromatic heterocycles. The zero-order valence-electron chi connectivity index (χ0n) is 13.5. The van der Waals surface area contributed by atoms with E-state index in [1.165, 1.54) is 12.1 Å². The van der Waals surface area contributed by atoms with Crippen LogP contribution in [0, 0.1) is 6.92 Å². The number of ether oxygens (including phenoxy) is 1.